The van der Waals surface area contributed by atoms with Gasteiger partial charge in [-0.2, -0.15) is 0 Å². The maximum atomic E-state index is 9.91. The van der Waals surface area contributed by atoms with Gasteiger partial charge in [0.05, 0.1) is 12.7 Å². The summed E-state index contributed by atoms with van der Waals surface area (Å²) in [5.41, 5.74) is -1.04. The van der Waals surface area contributed by atoms with Crippen LogP contribution in [-0.4, -0.2) is 48.5 Å². The summed E-state index contributed by atoms with van der Waals surface area (Å²) < 4.78 is 5.10. The number of aliphatic hydroxyl groups excluding tert-OH is 1. The first-order valence-electron chi connectivity index (χ1n) is 4.15. The Morgan fingerprint density at radius 1 is 1.54 bits per heavy atom. The molecule has 2 N–H and O–H groups in total. The molecule has 0 aliphatic carbocycles. The fourth-order valence-electron chi connectivity index (χ4n) is 1.34. The number of ether oxygens (including phenoxy) is 1. The normalized spacial score (nSPS) is 18.2. The molecule has 1 radical (unpaired) electrons. The smallest absolute Gasteiger partial charge is 0.117 e. The summed E-state index contributed by atoms with van der Waals surface area (Å²) in [5.74, 6) is 0. The van der Waals surface area contributed by atoms with Gasteiger partial charge in [-0.15, -0.1) is 8.58 Å². The van der Waals surface area contributed by atoms with E-state index in [2.05, 4.69) is 0 Å². The molecule has 0 amide bonds. The Labute approximate surface area is 95.7 Å². The van der Waals surface area contributed by atoms with Crippen molar-refractivity contribution in [3.8, 4) is 0 Å². The summed E-state index contributed by atoms with van der Waals surface area (Å²) in [4.78, 5) is 0. The van der Waals surface area contributed by atoms with E-state index in [9.17, 15) is 5.11 Å². The fourth-order valence-corrected chi connectivity index (χ4v) is 2.30. The van der Waals surface area contributed by atoms with Crippen LogP contribution < -0.4 is 0 Å². The molecule has 0 aliphatic heterocycles. The summed E-state index contributed by atoms with van der Waals surface area (Å²) in [6.45, 7) is 3.72. The first kappa shape index (κ1) is 16.4. The number of hydrogen-bond acceptors (Lipinski definition) is 3. The summed E-state index contributed by atoms with van der Waals surface area (Å²) in [7, 11) is 2.19. The molecule has 0 aliphatic rings. The monoisotopic (exact) mass is 381 g/mol. The third kappa shape index (κ3) is 4.84. The van der Waals surface area contributed by atoms with Gasteiger partial charge in [0, 0.05) is 27.5 Å². The Bertz CT molecular complexity index is 122. The van der Waals surface area contributed by atoms with E-state index in [0.717, 1.165) is 6.42 Å². The fraction of sp³-hybridized carbons (Fsp3) is 1.00. The molecule has 81 valence electrons. The van der Waals surface area contributed by atoms with Crippen LogP contribution in [-0.2, 0) is 25.2 Å². The Morgan fingerprint density at radius 2 is 2.08 bits per heavy atom. The van der Waals surface area contributed by atoms with Crippen molar-refractivity contribution in [3.63, 3.8) is 0 Å². The third-order valence-electron chi connectivity index (χ3n) is 2.01. The van der Waals surface area contributed by atoms with Crippen LogP contribution in [0.25, 0.3) is 0 Å². The molecule has 0 saturated heterocycles. The Balaban J connectivity index is 0. The predicted molar refractivity (Wildman–Crippen MR) is 52.2 cm³/mol. The van der Waals surface area contributed by atoms with Crippen molar-refractivity contribution in [2.45, 2.75) is 25.0 Å². The SMILES string of the molecule is CCC(OC)C(O)(CO)CPC.[Re]. The van der Waals surface area contributed by atoms with E-state index >= 15 is 0 Å². The largest absolute Gasteiger partial charge is 0.393 e. The summed E-state index contributed by atoms with van der Waals surface area (Å²) in [6.07, 6.45) is 1.07. The van der Waals surface area contributed by atoms with Crippen molar-refractivity contribution in [1.82, 2.24) is 0 Å². The molecule has 0 bridgehead atoms. The second-order valence-electron chi connectivity index (χ2n) is 2.92. The molecule has 13 heavy (non-hydrogen) atoms. The second-order valence-corrected chi connectivity index (χ2v) is 3.99. The Hall–Kier alpha value is 0.972. The van der Waals surface area contributed by atoms with Crippen LogP contribution >= 0.6 is 8.58 Å². The van der Waals surface area contributed by atoms with Gasteiger partial charge in [0.15, 0.2) is 0 Å². The van der Waals surface area contributed by atoms with Gasteiger partial charge in [0.1, 0.15) is 5.60 Å². The van der Waals surface area contributed by atoms with E-state index in [1.165, 1.54) is 0 Å². The second kappa shape index (κ2) is 8.29. The minimum Gasteiger partial charge on any atom is -0.393 e. The van der Waals surface area contributed by atoms with E-state index < -0.39 is 5.60 Å². The molecule has 5 heteroatoms. The maximum Gasteiger partial charge on any atom is 0.117 e. The van der Waals surface area contributed by atoms with Gasteiger partial charge < -0.3 is 14.9 Å². The molecule has 3 atom stereocenters. The number of hydrogen-bond donors (Lipinski definition) is 2. The third-order valence-corrected chi connectivity index (χ3v) is 2.98. The predicted octanol–water partition coefficient (Wildman–Crippen LogP) is 0.441. The number of aliphatic hydroxyl groups is 2. The molecular formula is C8H19O3PRe. The standard InChI is InChI=1S/C8H19O3P.Re/c1-4-7(11-2)8(10,5-9)6-12-3;/h7,9-10,12H,4-6H2,1-3H3;. The maximum absolute atomic E-state index is 9.91. The summed E-state index contributed by atoms with van der Waals surface area (Å²) in [5, 5.41) is 18.9. The average Bonchev–Trinajstić information content (AvgIpc) is 2.07. The van der Waals surface area contributed by atoms with Gasteiger partial charge in [0.2, 0.25) is 0 Å². The topological polar surface area (TPSA) is 49.7 Å². The van der Waals surface area contributed by atoms with Gasteiger partial charge in [-0.1, -0.05) is 6.92 Å². The van der Waals surface area contributed by atoms with Crippen LogP contribution in [0.3, 0.4) is 0 Å². The summed E-state index contributed by atoms with van der Waals surface area (Å²) >= 11 is 0. The van der Waals surface area contributed by atoms with E-state index in [-0.39, 0.29) is 33.1 Å². The molecule has 0 saturated carbocycles. The van der Waals surface area contributed by atoms with E-state index in [1.54, 1.807) is 7.11 Å². The zero-order valence-corrected chi connectivity index (χ0v) is 12.1. The Morgan fingerprint density at radius 3 is 2.31 bits per heavy atom. The first-order valence-corrected chi connectivity index (χ1v) is 5.86. The molecular weight excluding hydrogens is 361 g/mol. The Kier molecular flexibility index (Phi) is 10.5. The van der Waals surface area contributed by atoms with Crippen LogP contribution in [0.5, 0.6) is 0 Å². The minimum atomic E-state index is -1.04. The van der Waals surface area contributed by atoms with Gasteiger partial charge >= 0.3 is 0 Å². The molecule has 0 rings (SSSR count). The van der Waals surface area contributed by atoms with E-state index in [4.69, 9.17) is 9.84 Å². The molecule has 0 heterocycles. The van der Waals surface area contributed by atoms with E-state index in [0.29, 0.717) is 14.7 Å². The molecule has 3 unspecified atom stereocenters. The van der Waals surface area contributed by atoms with Crippen LogP contribution in [0, 0.1) is 0 Å². The minimum absolute atomic E-state index is 0. The van der Waals surface area contributed by atoms with Gasteiger partial charge in [-0.3, -0.25) is 0 Å². The van der Waals surface area contributed by atoms with Crippen LogP contribution in [0.15, 0.2) is 0 Å². The zero-order valence-electron chi connectivity index (χ0n) is 8.38. The summed E-state index contributed by atoms with van der Waals surface area (Å²) in [6, 6.07) is 0. The average molecular weight is 380 g/mol. The van der Waals surface area contributed by atoms with Crippen molar-refractivity contribution in [3.05, 3.63) is 0 Å². The van der Waals surface area contributed by atoms with Crippen molar-refractivity contribution in [2.24, 2.45) is 0 Å². The van der Waals surface area contributed by atoms with Crippen LogP contribution in [0.4, 0.5) is 0 Å². The zero-order chi connectivity index (χ0) is 9.61. The number of methoxy groups -OCH3 is 1. The van der Waals surface area contributed by atoms with Crippen molar-refractivity contribution in [2.75, 3.05) is 26.5 Å². The van der Waals surface area contributed by atoms with Gasteiger partial charge in [-0.05, 0) is 19.2 Å². The van der Waals surface area contributed by atoms with Crippen molar-refractivity contribution in [1.29, 1.82) is 0 Å². The molecule has 3 nitrogen and oxygen atoms in total. The number of rotatable bonds is 6. The first-order chi connectivity index (χ1) is 5.64. The molecule has 0 spiro atoms. The van der Waals surface area contributed by atoms with Gasteiger partial charge in [-0.25, -0.2) is 0 Å². The van der Waals surface area contributed by atoms with Crippen LogP contribution in [0.2, 0.25) is 0 Å². The van der Waals surface area contributed by atoms with Crippen molar-refractivity contribution >= 4 is 8.58 Å². The van der Waals surface area contributed by atoms with Crippen LogP contribution in [0.1, 0.15) is 13.3 Å². The van der Waals surface area contributed by atoms with E-state index in [1.807, 2.05) is 13.6 Å². The molecule has 0 aromatic rings. The van der Waals surface area contributed by atoms with Gasteiger partial charge in [0.25, 0.3) is 0 Å². The van der Waals surface area contributed by atoms with Crippen molar-refractivity contribution < 1.29 is 35.4 Å². The molecule has 0 aromatic carbocycles. The quantitative estimate of drug-likeness (QED) is 0.658. The molecule has 0 fully saturated rings. The molecule has 0 aromatic heterocycles.